The number of benzene rings is 3. The second kappa shape index (κ2) is 9.52. The molecule has 146 valence electrons. The highest BCUT2D eigenvalue weighted by Crippen LogP contribution is 2.38. The molecular weight excluding hydrogens is 405 g/mol. The number of hydrogen-bond acceptors (Lipinski definition) is 3. The Hall–Kier alpha value is -2.93. The summed E-state index contributed by atoms with van der Waals surface area (Å²) in [4.78, 5) is 0. The fourth-order valence-corrected chi connectivity index (χ4v) is 3.27. The lowest BCUT2D eigenvalue weighted by molar-refractivity contribution is 0.285. The lowest BCUT2D eigenvalue weighted by Gasteiger charge is -2.14. The van der Waals surface area contributed by atoms with Gasteiger partial charge < -0.3 is 9.47 Å². The summed E-state index contributed by atoms with van der Waals surface area (Å²) in [7, 11) is 1.55. The summed E-state index contributed by atoms with van der Waals surface area (Å²) in [5.74, 6) is 0.914. The van der Waals surface area contributed by atoms with E-state index in [9.17, 15) is 5.26 Å². The monoisotopic (exact) mass is 423 g/mol. The molecular formula is C24H19Cl2NO2. The lowest BCUT2D eigenvalue weighted by Crippen LogP contribution is -1.99. The summed E-state index contributed by atoms with van der Waals surface area (Å²) in [6.45, 7) is 2.27. The smallest absolute Gasteiger partial charge is 0.180 e. The Kier molecular flexibility index (Phi) is 6.82. The van der Waals surface area contributed by atoms with Crippen LogP contribution in [0.25, 0.3) is 11.6 Å². The standard InChI is InChI=1S/C24H19Cl2NO2/c1-16-7-9-18(10-8-16)20(14-27)11-17-12-22(26)24(23(13-17)28-2)29-15-19-5-3-4-6-21(19)25/h3-13H,15H2,1-2H3/b20-11-. The number of rotatable bonds is 6. The molecule has 0 fully saturated rings. The summed E-state index contributed by atoms with van der Waals surface area (Å²) >= 11 is 12.7. The third kappa shape index (κ3) is 5.12. The van der Waals surface area contributed by atoms with Crippen LogP contribution in [-0.4, -0.2) is 7.11 Å². The molecule has 0 spiro atoms. The predicted octanol–water partition coefficient (Wildman–Crippen LogP) is 6.95. The third-order valence-electron chi connectivity index (χ3n) is 4.38. The van der Waals surface area contributed by atoms with Gasteiger partial charge in [-0.15, -0.1) is 0 Å². The van der Waals surface area contributed by atoms with Crippen LogP contribution in [-0.2, 0) is 6.61 Å². The Morgan fingerprint density at radius 2 is 1.76 bits per heavy atom. The maximum Gasteiger partial charge on any atom is 0.180 e. The van der Waals surface area contributed by atoms with Gasteiger partial charge in [0.15, 0.2) is 11.5 Å². The average Bonchev–Trinajstić information content (AvgIpc) is 2.72. The van der Waals surface area contributed by atoms with E-state index in [1.165, 1.54) is 0 Å². The van der Waals surface area contributed by atoms with Gasteiger partial charge in [0.25, 0.3) is 0 Å². The maximum absolute atomic E-state index is 9.58. The molecule has 0 radical (unpaired) electrons. The third-order valence-corrected chi connectivity index (χ3v) is 5.03. The highest BCUT2D eigenvalue weighted by atomic mass is 35.5. The molecule has 29 heavy (non-hydrogen) atoms. The van der Waals surface area contributed by atoms with Gasteiger partial charge in [0.2, 0.25) is 0 Å². The van der Waals surface area contributed by atoms with Gasteiger partial charge in [0.1, 0.15) is 6.61 Å². The van der Waals surface area contributed by atoms with Crippen molar-refractivity contribution in [3.05, 3.63) is 93.0 Å². The van der Waals surface area contributed by atoms with Crippen molar-refractivity contribution in [1.29, 1.82) is 5.26 Å². The van der Waals surface area contributed by atoms with Crippen LogP contribution in [0.2, 0.25) is 10.0 Å². The SMILES string of the molecule is COc1cc(/C=C(/C#N)c2ccc(C)cc2)cc(Cl)c1OCc1ccccc1Cl. The first-order chi connectivity index (χ1) is 14.0. The lowest BCUT2D eigenvalue weighted by atomic mass is 10.0. The Bertz CT molecular complexity index is 1080. The molecule has 3 nitrogen and oxygen atoms in total. The number of nitrogens with zero attached hydrogens (tertiary/aromatic N) is 1. The van der Waals surface area contributed by atoms with Crippen LogP contribution in [0.15, 0.2) is 60.7 Å². The summed E-state index contributed by atoms with van der Waals surface area (Å²) in [5, 5.41) is 10.6. The summed E-state index contributed by atoms with van der Waals surface area (Å²) in [5.41, 5.74) is 4.10. The van der Waals surface area contributed by atoms with Gasteiger partial charge in [-0.05, 0) is 42.3 Å². The van der Waals surface area contributed by atoms with Crippen molar-refractivity contribution >= 4 is 34.9 Å². The summed E-state index contributed by atoms with van der Waals surface area (Å²) < 4.78 is 11.4. The van der Waals surface area contributed by atoms with E-state index in [2.05, 4.69) is 6.07 Å². The summed E-state index contributed by atoms with van der Waals surface area (Å²) in [6.07, 6.45) is 1.77. The Morgan fingerprint density at radius 1 is 1.03 bits per heavy atom. The van der Waals surface area contributed by atoms with E-state index in [-0.39, 0.29) is 6.61 Å². The highest BCUT2D eigenvalue weighted by Gasteiger charge is 2.13. The fraction of sp³-hybridized carbons (Fsp3) is 0.125. The van der Waals surface area contributed by atoms with Gasteiger partial charge in [0.05, 0.1) is 23.8 Å². The molecule has 5 heteroatoms. The van der Waals surface area contributed by atoms with Crippen molar-refractivity contribution in [2.75, 3.05) is 7.11 Å². The quantitative estimate of drug-likeness (QED) is 0.318. The van der Waals surface area contributed by atoms with Crippen molar-refractivity contribution in [3.63, 3.8) is 0 Å². The Labute approximate surface area is 180 Å². The first-order valence-corrected chi connectivity index (χ1v) is 9.70. The molecule has 0 aliphatic heterocycles. The zero-order valence-corrected chi connectivity index (χ0v) is 17.6. The molecule has 3 aromatic carbocycles. The van der Waals surface area contributed by atoms with E-state index in [1.54, 1.807) is 25.3 Å². The van der Waals surface area contributed by atoms with Gasteiger partial charge in [0, 0.05) is 10.6 Å². The number of methoxy groups -OCH3 is 1. The minimum atomic E-state index is 0.262. The Morgan fingerprint density at radius 3 is 2.41 bits per heavy atom. The van der Waals surface area contributed by atoms with E-state index < -0.39 is 0 Å². The van der Waals surface area contributed by atoms with Crippen LogP contribution in [0, 0.1) is 18.3 Å². The van der Waals surface area contributed by atoms with E-state index in [1.807, 2.05) is 55.5 Å². The van der Waals surface area contributed by atoms with Gasteiger partial charge in [-0.3, -0.25) is 0 Å². The molecule has 3 aromatic rings. The molecule has 0 aliphatic carbocycles. The van der Waals surface area contributed by atoms with Crippen molar-refractivity contribution in [2.45, 2.75) is 13.5 Å². The van der Waals surface area contributed by atoms with Crippen molar-refractivity contribution in [1.82, 2.24) is 0 Å². The zero-order valence-electron chi connectivity index (χ0n) is 16.1. The van der Waals surface area contributed by atoms with Crippen LogP contribution in [0.3, 0.4) is 0 Å². The molecule has 0 saturated heterocycles. The van der Waals surface area contributed by atoms with Crippen LogP contribution in [0.1, 0.15) is 22.3 Å². The van der Waals surface area contributed by atoms with Gasteiger partial charge >= 0.3 is 0 Å². The van der Waals surface area contributed by atoms with E-state index in [0.717, 1.165) is 22.3 Å². The molecule has 0 aromatic heterocycles. The molecule has 0 atom stereocenters. The van der Waals surface area contributed by atoms with Gasteiger partial charge in [-0.25, -0.2) is 0 Å². The van der Waals surface area contributed by atoms with Crippen LogP contribution in [0.5, 0.6) is 11.5 Å². The maximum atomic E-state index is 9.58. The minimum Gasteiger partial charge on any atom is -0.493 e. The molecule has 0 aliphatic rings. The molecule has 0 N–H and O–H groups in total. The van der Waals surface area contributed by atoms with Gasteiger partial charge in [-0.2, -0.15) is 5.26 Å². The van der Waals surface area contributed by atoms with Crippen LogP contribution >= 0.6 is 23.2 Å². The molecule has 3 rings (SSSR count). The number of halogens is 2. The largest absolute Gasteiger partial charge is 0.493 e. The minimum absolute atomic E-state index is 0.262. The molecule has 0 saturated carbocycles. The number of hydrogen-bond donors (Lipinski definition) is 0. The van der Waals surface area contributed by atoms with Gasteiger partial charge in [-0.1, -0.05) is 71.2 Å². The van der Waals surface area contributed by atoms with Crippen molar-refractivity contribution < 1.29 is 9.47 Å². The van der Waals surface area contributed by atoms with E-state index in [4.69, 9.17) is 32.7 Å². The van der Waals surface area contributed by atoms with Crippen molar-refractivity contribution in [3.8, 4) is 17.6 Å². The number of aryl methyl sites for hydroxylation is 1. The van der Waals surface area contributed by atoms with E-state index >= 15 is 0 Å². The first kappa shape index (κ1) is 20.8. The zero-order chi connectivity index (χ0) is 20.8. The first-order valence-electron chi connectivity index (χ1n) is 8.94. The average molecular weight is 424 g/mol. The number of nitriles is 1. The normalized spacial score (nSPS) is 11.1. The fourth-order valence-electron chi connectivity index (χ4n) is 2.81. The Balaban J connectivity index is 1.90. The molecule has 0 amide bonds. The number of allylic oxidation sites excluding steroid dienone is 1. The highest BCUT2D eigenvalue weighted by molar-refractivity contribution is 6.32. The number of ether oxygens (including phenoxy) is 2. The van der Waals surface area contributed by atoms with Crippen molar-refractivity contribution in [2.24, 2.45) is 0 Å². The molecule has 0 heterocycles. The topological polar surface area (TPSA) is 42.2 Å². The van der Waals surface area contributed by atoms with Crippen LogP contribution < -0.4 is 9.47 Å². The summed E-state index contributed by atoms with van der Waals surface area (Å²) in [6, 6.07) is 21.0. The van der Waals surface area contributed by atoms with Crippen LogP contribution in [0.4, 0.5) is 0 Å². The second-order valence-electron chi connectivity index (χ2n) is 6.45. The second-order valence-corrected chi connectivity index (χ2v) is 7.26. The molecule has 0 unspecified atom stereocenters. The predicted molar refractivity (Wildman–Crippen MR) is 118 cm³/mol. The molecule has 0 bridgehead atoms. The van der Waals surface area contributed by atoms with E-state index in [0.29, 0.717) is 27.1 Å².